The number of carbonyl (C=O) groups excluding carboxylic acids is 1. The molecule has 5 nitrogen and oxygen atoms in total. The molecule has 2 aliphatic rings. The highest BCUT2D eigenvalue weighted by Gasteiger charge is 2.37. The minimum atomic E-state index is -0.894. The average molecular weight is 273 g/mol. The maximum Gasteiger partial charge on any atom is 0.327 e. The second-order valence-corrected chi connectivity index (χ2v) is 5.84. The molecule has 1 heterocycles. The van der Waals surface area contributed by atoms with Crippen molar-refractivity contribution in [1.82, 2.24) is 4.90 Å². The Morgan fingerprint density at radius 3 is 2.78 bits per heavy atom. The number of aliphatic carboxylic acids is 1. The Kier molecular flexibility index (Phi) is 4.50. The van der Waals surface area contributed by atoms with Crippen molar-refractivity contribution in [1.29, 1.82) is 0 Å². The summed E-state index contributed by atoms with van der Waals surface area (Å²) in [6.45, 7) is 2.69. The number of amides is 1. The summed E-state index contributed by atoms with van der Waals surface area (Å²) in [7, 11) is 0. The largest absolute Gasteiger partial charge is 0.480 e. The number of rotatable bonds is 5. The van der Waals surface area contributed by atoms with Crippen LogP contribution in [0.1, 0.15) is 26.2 Å². The maximum absolute atomic E-state index is 12.0. The van der Waals surface area contributed by atoms with Crippen molar-refractivity contribution in [3.63, 3.8) is 0 Å². The molecule has 1 aliphatic carbocycles. The van der Waals surface area contributed by atoms with Crippen molar-refractivity contribution in [2.45, 2.75) is 38.3 Å². The summed E-state index contributed by atoms with van der Waals surface area (Å²) in [6, 6.07) is -0.634. The summed E-state index contributed by atoms with van der Waals surface area (Å²) in [6.07, 6.45) is 2.63. The van der Waals surface area contributed by atoms with E-state index in [9.17, 15) is 9.59 Å². The van der Waals surface area contributed by atoms with Crippen molar-refractivity contribution < 1.29 is 19.4 Å². The first kappa shape index (κ1) is 13.7. The van der Waals surface area contributed by atoms with Gasteiger partial charge in [-0.15, -0.1) is 11.8 Å². The van der Waals surface area contributed by atoms with Gasteiger partial charge in [0.1, 0.15) is 6.04 Å². The highest BCUT2D eigenvalue weighted by Crippen LogP contribution is 2.34. The quantitative estimate of drug-likeness (QED) is 0.814. The second kappa shape index (κ2) is 5.93. The van der Waals surface area contributed by atoms with E-state index in [1.165, 1.54) is 16.7 Å². The first-order valence-electron chi connectivity index (χ1n) is 6.33. The Labute approximate surface area is 111 Å². The van der Waals surface area contributed by atoms with E-state index in [0.29, 0.717) is 30.1 Å². The van der Waals surface area contributed by atoms with Crippen molar-refractivity contribution in [3.8, 4) is 0 Å². The van der Waals surface area contributed by atoms with Crippen LogP contribution >= 0.6 is 11.8 Å². The number of carbonyl (C=O) groups is 2. The van der Waals surface area contributed by atoms with Crippen LogP contribution < -0.4 is 0 Å². The molecule has 1 atom stereocenters. The van der Waals surface area contributed by atoms with Gasteiger partial charge in [0.05, 0.1) is 12.0 Å². The van der Waals surface area contributed by atoms with Gasteiger partial charge in [-0.05, 0) is 25.7 Å². The summed E-state index contributed by atoms with van der Waals surface area (Å²) in [5.41, 5.74) is 0. The van der Waals surface area contributed by atoms with Crippen molar-refractivity contribution >= 4 is 23.6 Å². The summed E-state index contributed by atoms with van der Waals surface area (Å²) in [5, 5.41) is 9.02. The van der Waals surface area contributed by atoms with E-state index in [2.05, 4.69) is 0 Å². The molecular weight excluding hydrogens is 254 g/mol. The third-order valence-electron chi connectivity index (χ3n) is 3.55. The first-order valence-corrected chi connectivity index (χ1v) is 7.49. The Balaban J connectivity index is 1.77. The number of thioether (sulfide) groups is 1. The lowest BCUT2D eigenvalue weighted by Crippen LogP contribution is -2.44. The van der Waals surface area contributed by atoms with Crippen LogP contribution in [0.25, 0.3) is 0 Å². The van der Waals surface area contributed by atoms with E-state index in [1.54, 1.807) is 0 Å². The standard InChI is InChI=1S/C12H19NO4S/c1-2-17-9-3-8(4-9)5-11(14)13-7-18-6-10(13)12(15)16/h8-10H,2-7H2,1H3,(H,15,16)/t8?,9?,10-/m0/s1. The van der Waals surface area contributed by atoms with E-state index in [4.69, 9.17) is 9.84 Å². The van der Waals surface area contributed by atoms with Crippen LogP contribution in [0.15, 0.2) is 0 Å². The van der Waals surface area contributed by atoms with Gasteiger partial charge in [0.2, 0.25) is 5.91 Å². The van der Waals surface area contributed by atoms with E-state index >= 15 is 0 Å². The van der Waals surface area contributed by atoms with Crippen molar-refractivity contribution in [3.05, 3.63) is 0 Å². The van der Waals surface area contributed by atoms with Gasteiger partial charge in [-0.2, -0.15) is 0 Å². The summed E-state index contributed by atoms with van der Waals surface area (Å²) < 4.78 is 5.45. The number of nitrogens with zero attached hydrogens (tertiary/aromatic N) is 1. The molecule has 0 unspecified atom stereocenters. The van der Waals surface area contributed by atoms with Crippen molar-refractivity contribution in [2.24, 2.45) is 5.92 Å². The smallest absolute Gasteiger partial charge is 0.327 e. The molecule has 102 valence electrons. The van der Waals surface area contributed by atoms with Crippen LogP contribution in [0, 0.1) is 5.92 Å². The highest BCUT2D eigenvalue weighted by molar-refractivity contribution is 7.99. The predicted molar refractivity (Wildman–Crippen MR) is 68.3 cm³/mol. The molecule has 0 radical (unpaired) electrons. The molecule has 2 rings (SSSR count). The Morgan fingerprint density at radius 1 is 1.44 bits per heavy atom. The minimum Gasteiger partial charge on any atom is -0.480 e. The van der Waals surface area contributed by atoms with E-state index < -0.39 is 12.0 Å². The van der Waals surface area contributed by atoms with Gasteiger partial charge in [0, 0.05) is 18.8 Å². The average Bonchev–Trinajstić information content (AvgIpc) is 2.75. The molecule has 0 aromatic carbocycles. The number of hydrogen-bond acceptors (Lipinski definition) is 4. The monoisotopic (exact) mass is 273 g/mol. The molecular formula is C12H19NO4S. The lowest BCUT2D eigenvalue weighted by Gasteiger charge is -2.35. The Morgan fingerprint density at radius 2 is 2.17 bits per heavy atom. The second-order valence-electron chi connectivity index (χ2n) is 4.84. The van der Waals surface area contributed by atoms with Crippen LogP contribution in [0.2, 0.25) is 0 Å². The molecule has 1 saturated carbocycles. The zero-order valence-electron chi connectivity index (χ0n) is 10.5. The molecule has 1 aliphatic heterocycles. The van der Waals surface area contributed by atoms with E-state index in [0.717, 1.165) is 19.4 Å². The van der Waals surface area contributed by atoms with Crippen LogP contribution in [0.4, 0.5) is 0 Å². The van der Waals surface area contributed by atoms with Crippen LogP contribution in [0.5, 0.6) is 0 Å². The third-order valence-corrected chi connectivity index (χ3v) is 4.56. The lowest BCUT2D eigenvalue weighted by molar-refractivity contribution is -0.149. The van der Waals surface area contributed by atoms with Crippen LogP contribution in [-0.4, -0.2) is 52.3 Å². The van der Waals surface area contributed by atoms with Crippen LogP contribution in [-0.2, 0) is 14.3 Å². The topological polar surface area (TPSA) is 66.8 Å². The van der Waals surface area contributed by atoms with Gasteiger partial charge in [0.25, 0.3) is 0 Å². The fourth-order valence-corrected chi connectivity index (χ4v) is 3.64. The van der Waals surface area contributed by atoms with Gasteiger partial charge >= 0.3 is 5.97 Å². The molecule has 0 aromatic rings. The van der Waals surface area contributed by atoms with Gasteiger partial charge in [-0.3, -0.25) is 4.79 Å². The predicted octanol–water partition coefficient (Wildman–Crippen LogP) is 1.18. The van der Waals surface area contributed by atoms with Gasteiger partial charge in [-0.25, -0.2) is 4.79 Å². The minimum absolute atomic E-state index is 0.0210. The fraction of sp³-hybridized carbons (Fsp3) is 0.833. The third kappa shape index (κ3) is 2.98. The van der Waals surface area contributed by atoms with E-state index in [1.807, 2.05) is 6.92 Å². The molecule has 0 spiro atoms. The molecule has 0 bridgehead atoms. The molecule has 1 saturated heterocycles. The van der Waals surface area contributed by atoms with Gasteiger partial charge in [0.15, 0.2) is 0 Å². The maximum atomic E-state index is 12.0. The number of hydrogen-bond donors (Lipinski definition) is 1. The summed E-state index contributed by atoms with van der Waals surface area (Å²) in [5.74, 6) is 0.473. The number of carboxylic acid groups (broad SMARTS) is 1. The highest BCUT2D eigenvalue weighted by atomic mass is 32.2. The van der Waals surface area contributed by atoms with E-state index in [-0.39, 0.29) is 5.91 Å². The first-order chi connectivity index (χ1) is 8.61. The van der Waals surface area contributed by atoms with Crippen molar-refractivity contribution in [2.75, 3.05) is 18.2 Å². The molecule has 6 heteroatoms. The summed E-state index contributed by atoms with van der Waals surface area (Å²) >= 11 is 1.51. The van der Waals surface area contributed by atoms with Gasteiger partial charge < -0.3 is 14.7 Å². The molecule has 18 heavy (non-hydrogen) atoms. The molecule has 0 aromatic heterocycles. The SMILES string of the molecule is CCOC1CC(CC(=O)N2CSC[C@H]2C(=O)O)C1. The normalized spacial score (nSPS) is 31.2. The fourth-order valence-electron chi connectivity index (χ4n) is 2.47. The number of ether oxygens (including phenoxy) is 1. The molecule has 1 amide bonds. The molecule has 2 fully saturated rings. The number of carboxylic acids is 1. The zero-order valence-corrected chi connectivity index (χ0v) is 11.3. The Bertz CT molecular complexity index is 330. The Hall–Kier alpha value is -0.750. The van der Waals surface area contributed by atoms with Crippen LogP contribution in [0.3, 0.4) is 0 Å². The zero-order chi connectivity index (χ0) is 13.1. The van der Waals surface area contributed by atoms with Gasteiger partial charge in [-0.1, -0.05) is 0 Å². The molecule has 1 N–H and O–H groups in total. The summed E-state index contributed by atoms with van der Waals surface area (Å²) in [4.78, 5) is 24.5. The lowest BCUT2D eigenvalue weighted by atomic mass is 9.79.